The average Bonchev–Trinajstić information content (AvgIpc) is 3.17. The van der Waals surface area contributed by atoms with Crippen LogP contribution in [0.15, 0.2) is 30.5 Å². The first-order valence-corrected chi connectivity index (χ1v) is 14.2. The van der Waals surface area contributed by atoms with Crippen molar-refractivity contribution in [2.75, 3.05) is 26.7 Å². The third-order valence-electron chi connectivity index (χ3n) is 5.87. The molecule has 2 atom stereocenters. The van der Waals surface area contributed by atoms with Crippen LogP contribution in [0.3, 0.4) is 0 Å². The number of aromatic nitrogens is 1. The van der Waals surface area contributed by atoms with Crippen molar-refractivity contribution in [2.24, 2.45) is 5.92 Å². The highest BCUT2D eigenvalue weighted by atomic mass is 31.3. The van der Waals surface area contributed by atoms with Gasteiger partial charge >= 0.3 is 21.8 Å². The molecule has 2 aliphatic rings. The van der Waals surface area contributed by atoms with E-state index in [0.717, 1.165) is 26.1 Å². The van der Waals surface area contributed by atoms with Gasteiger partial charge in [0.2, 0.25) is 5.91 Å². The van der Waals surface area contributed by atoms with Gasteiger partial charge in [-0.3, -0.25) is 9.69 Å². The Balaban J connectivity index is 0.000000311. The summed E-state index contributed by atoms with van der Waals surface area (Å²) in [5.74, 6) is 0.210. The number of amides is 1. The Hall–Kier alpha value is -2.54. The first-order valence-electron chi connectivity index (χ1n) is 11.1. The summed E-state index contributed by atoms with van der Waals surface area (Å²) in [6.45, 7) is 6.47. The maximum atomic E-state index is 12.9. The maximum Gasteiger partial charge on any atom is 0.503 e. The summed E-state index contributed by atoms with van der Waals surface area (Å²) in [7, 11) is -7.95. The van der Waals surface area contributed by atoms with Gasteiger partial charge in [-0.2, -0.15) is 4.31 Å². The highest BCUT2D eigenvalue weighted by Crippen LogP contribution is 2.53. The van der Waals surface area contributed by atoms with Gasteiger partial charge in [0.15, 0.2) is 0 Å². The molecule has 0 bridgehead atoms. The molecule has 14 nitrogen and oxygen atoms in total. The molecule has 2 aromatic rings. The van der Waals surface area contributed by atoms with Crippen LogP contribution in [0, 0.1) is 5.92 Å². The van der Waals surface area contributed by atoms with E-state index in [0.29, 0.717) is 6.04 Å². The molecule has 0 saturated carbocycles. The lowest BCUT2D eigenvalue weighted by molar-refractivity contribution is -0.134. The van der Waals surface area contributed by atoms with Crippen LogP contribution in [0.25, 0.3) is 16.5 Å². The van der Waals surface area contributed by atoms with Crippen LogP contribution in [0.2, 0.25) is 0 Å². The molecular weight excluding hydrogens is 532 g/mol. The number of nitrogens with one attached hydrogen (secondary N) is 1. The molecule has 0 unspecified atom stereocenters. The molecule has 2 heterocycles. The standard InChI is InChI=1S/C20H25N3O.CH2O3.H4O7P2/c1-4-23(5-2)20(24)14-9-16-15-7-6-8-17-19(15)13(11-21-17)10-18(16)22(3)12-14;2-1(3)4;1-8(2,3)7-9(4,5)6/h6-9,11,14,18,21H,4-5,10,12H2,1-3H3;(H2,2,3,4);(H2,1,2,3)(H2,4,5,6)/t14-,18-;;/m1../s1. The van der Waals surface area contributed by atoms with Crippen molar-refractivity contribution in [3.63, 3.8) is 0 Å². The maximum absolute atomic E-state index is 12.9. The molecule has 206 valence electrons. The van der Waals surface area contributed by atoms with Gasteiger partial charge in [-0.15, -0.1) is 0 Å². The normalized spacial score (nSPS) is 18.9. The van der Waals surface area contributed by atoms with Crippen molar-refractivity contribution in [3.05, 3.63) is 41.6 Å². The first-order chi connectivity index (χ1) is 17.1. The molecule has 1 amide bonds. The summed E-state index contributed by atoms with van der Waals surface area (Å²) in [5.41, 5.74) is 5.21. The summed E-state index contributed by atoms with van der Waals surface area (Å²) in [4.78, 5) is 60.1. The van der Waals surface area contributed by atoms with E-state index in [-0.39, 0.29) is 11.8 Å². The first kappa shape index (κ1) is 30.7. The number of carbonyl (C=O) groups is 2. The van der Waals surface area contributed by atoms with Gasteiger partial charge < -0.3 is 39.7 Å². The zero-order chi connectivity index (χ0) is 28.1. The zero-order valence-corrected chi connectivity index (χ0v) is 22.2. The predicted molar refractivity (Wildman–Crippen MR) is 134 cm³/mol. The predicted octanol–water partition coefficient (Wildman–Crippen LogP) is 2.32. The zero-order valence-electron chi connectivity index (χ0n) is 20.4. The van der Waals surface area contributed by atoms with Crippen LogP contribution in [0.5, 0.6) is 0 Å². The second kappa shape index (κ2) is 12.3. The Morgan fingerprint density at radius 2 is 1.68 bits per heavy atom. The molecule has 0 fully saturated rings. The largest absolute Gasteiger partial charge is 0.503 e. The van der Waals surface area contributed by atoms with Crippen molar-refractivity contribution < 1.29 is 52.8 Å². The topological polar surface area (TPSA) is 221 Å². The summed E-state index contributed by atoms with van der Waals surface area (Å²) >= 11 is 0. The van der Waals surface area contributed by atoms with Crippen LogP contribution in [0.4, 0.5) is 4.79 Å². The van der Waals surface area contributed by atoms with E-state index >= 15 is 0 Å². The van der Waals surface area contributed by atoms with Crippen LogP contribution in [-0.2, 0) is 24.7 Å². The summed E-state index contributed by atoms with van der Waals surface area (Å²) in [6, 6.07) is 6.82. The number of carboxylic acid groups (broad SMARTS) is 2. The van der Waals surface area contributed by atoms with Crippen LogP contribution < -0.4 is 0 Å². The summed E-state index contributed by atoms with van der Waals surface area (Å²) in [5, 5.41) is 15.3. The van der Waals surface area contributed by atoms with Gasteiger partial charge in [0.1, 0.15) is 0 Å². The minimum absolute atomic E-state index is 0.0445. The molecule has 1 aromatic heterocycles. The Morgan fingerprint density at radius 3 is 2.16 bits per heavy atom. The number of rotatable bonds is 5. The third-order valence-corrected chi connectivity index (χ3v) is 7.58. The van der Waals surface area contributed by atoms with Crippen molar-refractivity contribution >= 4 is 44.2 Å². The second-order valence-corrected chi connectivity index (χ2v) is 10.9. The fourth-order valence-corrected chi connectivity index (χ4v) is 5.62. The fraction of sp³-hybridized carbons (Fsp3) is 0.429. The molecule has 1 aromatic carbocycles. The van der Waals surface area contributed by atoms with E-state index in [9.17, 15) is 13.9 Å². The molecule has 1 aliphatic carbocycles. The van der Waals surface area contributed by atoms with Gasteiger partial charge in [-0.25, -0.2) is 13.9 Å². The minimum atomic E-state index is -5.05. The Labute approximate surface area is 212 Å². The lowest BCUT2D eigenvalue weighted by Gasteiger charge is -2.40. The third kappa shape index (κ3) is 8.49. The van der Waals surface area contributed by atoms with Crippen LogP contribution >= 0.6 is 15.6 Å². The van der Waals surface area contributed by atoms with E-state index in [1.807, 2.05) is 4.90 Å². The Morgan fingerprint density at radius 1 is 1.11 bits per heavy atom. The van der Waals surface area contributed by atoms with Gasteiger partial charge in [-0.05, 0) is 50.1 Å². The van der Waals surface area contributed by atoms with Crippen LogP contribution in [0.1, 0.15) is 25.0 Å². The molecule has 0 spiro atoms. The lowest BCUT2D eigenvalue weighted by Crippen LogP contribution is -2.47. The SMILES string of the molecule is CCN(CC)C(=O)[C@@H]1C=C2c3cccc4[nH]cc(c34)C[C@H]2N(C)C1.O=C(O)O.O=P(O)(O)OP(=O)(O)O. The summed E-state index contributed by atoms with van der Waals surface area (Å²) in [6.07, 6.45) is 3.58. The van der Waals surface area contributed by atoms with Gasteiger partial charge in [-0.1, -0.05) is 18.2 Å². The number of benzene rings is 1. The van der Waals surface area contributed by atoms with Gasteiger partial charge in [0.25, 0.3) is 0 Å². The smallest absolute Gasteiger partial charge is 0.450 e. The number of H-pyrrole nitrogens is 1. The average molecular weight is 563 g/mol. The molecule has 1 aliphatic heterocycles. The number of likely N-dealkylation sites (N-methyl/N-ethyl adjacent to an activating group) is 1. The molecule has 37 heavy (non-hydrogen) atoms. The molecule has 0 radical (unpaired) electrons. The minimum Gasteiger partial charge on any atom is -0.450 e. The number of hydrogen-bond donors (Lipinski definition) is 7. The van der Waals surface area contributed by atoms with Gasteiger partial charge in [0.05, 0.1) is 5.92 Å². The highest BCUT2D eigenvalue weighted by Gasteiger charge is 2.36. The van der Waals surface area contributed by atoms with E-state index in [1.54, 1.807) is 0 Å². The summed E-state index contributed by atoms with van der Waals surface area (Å²) < 4.78 is 22.2. The molecule has 4 rings (SSSR count). The monoisotopic (exact) mass is 563 g/mol. The highest BCUT2D eigenvalue weighted by molar-refractivity contribution is 7.60. The second-order valence-electron chi connectivity index (χ2n) is 8.29. The Bertz CT molecular complexity index is 1220. The van der Waals surface area contributed by atoms with E-state index in [4.69, 9.17) is 34.6 Å². The van der Waals surface area contributed by atoms with Gasteiger partial charge in [0, 0.05) is 42.8 Å². The van der Waals surface area contributed by atoms with E-state index < -0.39 is 21.8 Å². The van der Waals surface area contributed by atoms with Crippen molar-refractivity contribution in [2.45, 2.75) is 26.3 Å². The number of nitrogens with zero attached hydrogens (tertiary/aromatic N) is 2. The molecule has 0 saturated heterocycles. The number of carbonyl (C=O) groups excluding carboxylic acids is 1. The van der Waals surface area contributed by atoms with Crippen molar-refractivity contribution in [1.29, 1.82) is 0 Å². The molecular formula is C21H31N3O11P2. The fourth-order valence-electron chi connectivity index (χ4n) is 4.51. The van der Waals surface area contributed by atoms with Crippen molar-refractivity contribution in [3.8, 4) is 0 Å². The lowest BCUT2D eigenvalue weighted by atomic mass is 9.79. The number of phosphoric acid groups is 2. The van der Waals surface area contributed by atoms with Crippen LogP contribution in [-0.4, -0.2) is 89.4 Å². The number of hydrogen-bond acceptors (Lipinski definition) is 6. The number of aromatic amines is 1. The quantitative estimate of drug-likeness (QED) is 0.261. The number of fused-ring (bicyclic) bond motifs is 2. The molecule has 16 heteroatoms. The van der Waals surface area contributed by atoms with E-state index in [2.05, 4.69) is 65.6 Å². The molecule has 7 N–H and O–H groups in total. The Kier molecular flexibility index (Phi) is 10.2. The van der Waals surface area contributed by atoms with E-state index in [1.165, 1.54) is 27.6 Å². The van der Waals surface area contributed by atoms with Crippen molar-refractivity contribution in [1.82, 2.24) is 14.8 Å².